The van der Waals surface area contributed by atoms with Crippen LogP contribution in [0.3, 0.4) is 0 Å². The Morgan fingerprint density at radius 3 is 2.26 bits per heavy atom. The molecule has 0 heterocycles. The predicted molar refractivity (Wildman–Crippen MR) is 139 cm³/mol. The molecule has 4 heteroatoms. The van der Waals surface area contributed by atoms with E-state index in [2.05, 4.69) is 41.2 Å². The van der Waals surface area contributed by atoms with Crippen molar-refractivity contribution in [1.29, 1.82) is 0 Å². The quantitative estimate of drug-likeness (QED) is 0.401. The molecule has 0 saturated heterocycles. The number of aliphatic hydroxyl groups is 2. The van der Waals surface area contributed by atoms with Crippen molar-refractivity contribution >= 4 is 5.97 Å². The maximum absolute atomic E-state index is 12.0. The molecule has 198 valence electrons. The topological polar surface area (TPSA) is 77.8 Å². The fourth-order valence-electron chi connectivity index (χ4n) is 11.6. The van der Waals surface area contributed by atoms with E-state index >= 15 is 0 Å². The number of carboxylic acid groups (broad SMARTS) is 1. The van der Waals surface area contributed by atoms with Gasteiger partial charge in [-0.1, -0.05) is 41.2 Å². The summed E-state index contributed by atoms with van der Waals surface area (Å²) < 4.78 is 0. The molecule has 2 bridgehead atoms. The van der Waals surface area contributed by atoms with Gasteiger partial charge in [0.25, 0.3) is 0 Å². The van der Waals surface area contributed by atoms with Crippen LogP contribution < -0.4 is 0 Å². The standard InChI is InChI=1S/C31H50O4/c1-19(26(34)35)21-9-14-31(18-32)16-15-28(4)17-20(25(21)31)7-8-23-29(5)12-11-24(33)27(2,3)22(29)10-13-30(23,28)6/h20-25,32-33H,1,7-18H2,2-6H3,(H,34,35)/t20-,21+,22+,23-,24+,25+,28-,29+,30-,31-/m1/s1. The number of aliphatic hydroxyl groups excluding tert-OH is 2. The van der Waals surface area contributed by atoms with Crippen LogP contribution in [-0.4, -0.2) is 34.0 Å². The molecule has 5 rings (SSSR count). The first kappa shape index (κ1) is 25.8. The van der Waals surface area contributed by atoms with E-state index in [9.17, 15) is 20.1 Å². The highest BCUT2D eigenvalue weighted by atomic mass is 16.4. The fraction of sp³-hybridized carbons (Fsp3) is 0.903. The third-order valence-electron chi connectivity index (χ3n) is 13.8. The van der Waals surface area contributed by atoms with Gasteiger partial charge < -0.3 is 15.3 Å². The maximum Gasteiger partial charge on any atom is 0.331 e. The Labute approximate surface area is 213 Å². The van der Waals surface area contributed by atoms with Crippen LogP contribution in [0.4, 0.5) is 0 Å². The highest BCUT2D eigenvalue weighted by Gasteiger charge is 2.67. The lowest BCUT2D eigenvalue weighted by Crippen LogP contribution is -2.61. The van der Waals surface area contributed by atoms with Gasteiger partial charge in [-0.05, 0) is 127 Å². The molecule has 5 aliphatic rings. The van der Waals surface area contributed by atoms with Crippen molar-refractivity contribution in [1.82, 2.24) is 0 Å². The number of rotatable bonds is 3. The maximum atomic E-state index is 12.0. The zero-order chi connectivity index (χ0) is 25.6. The first-order valence-corrected chi connectivity index (χ1v) is 14.5. The van der Waals surface area contributed by atoms with Crippen LogP contribution in [0.15, 0.2) is 12.2 Å². The average molecular weight is 487 g/mol. The number of carboxylic acids is 1. The Bertz CT molecular complexity index is 894. The third kappa shape index (κ3) is 3.33. The highest BCUT2D eigenvalue weighted by molar-refractivity contribution is 5.86. The summed E-state index contributed by atoms with van der Waals surface area (Å²) in [6.45, 7) is 16.5. The summed E-state index contributed by atoms with van der Waals surface area (Å²) in [5, 5.41) is 31.6. The molecule has 0 aromatic carbocycles. The molecule has 5 aliphatic carbocycles. The molecule has 10 atom stereocenters. The van der Waals surface area contributed by atoms with E-state index in [0.717, 1.165) is 51.4 Å². The van der Waals surface area contributed by atoms with Crippen molar-refractivity contribution in [3.8, 4) is 0 Å². The van der Waals surface area contributed by atoms with Crippen LogP contribution in [0, 0.1) is 56.7 Å². The van der Waals surface area contributed by atoms with E-state index in [4.69, 9.17) is 0 Å². The predicted octanol–water partition coefficient (Wildman–Crippen LogP) is 6.45. The molecule has 5 saturated carbocycles. The number of hydrogen-bond donors (Lipinski definition) is 3. The molecular formula is C31H50O4. The summed E-state index contributed by atoms with van der Waals surface area (Å²) in [6, 6.07) is 0. The minimum atomic E-state index is -0.858. The van der Waals surface area contributed by atoms with E-state index in [1.807, 2.05) is 0 Å². The van der Waals surface area contributed by atoms with Gasteiger partial charge in [0.2, 0.25) is 0 Å². The zero-order valence-corrected chi connectivity index (χ0v) is 22.9. The Hall–Kier alpha value is -0.870. The van der Waals surface area contributed by atoms with Crippen molar-refractivity contribution in [2.24, 2.45) is 56.7 Å². The van der Waals surface area contributed by atoms with Crippen LogP contribution in [-0.2, 0) is 4.79 Å². The van der Waals surface area contributed by atoms with Gasteiger partial charge in [0, 0.05) is 12.2 Å². The summed E-state index contributed by atoms with van der Waals surface area (Å²) in [4.78, 5) is 12.0. The lowest BCUT2D eigenvalue weighted by Gasteiger charge is -2.67. The molecule has 0 spiro atoms. The lowest BCUT2D eigenvalue weighted by molar-refractivity contribution is -0.197. The van der Waals surface area contributed by atoms with Crippen molar-refractivity contribution < 1.29 is 20.1 Å². The molecular weight excluding hydrogens is 436 g/mol. The summed E-state index contributed by atoms with van der Waals surface area (Å²) in [7, 11) is 0. The zero-order valence-electron chi connectivity index (χ0n) is 22.9. The van der Waals surface area contributed by atoms with Gasteiger partial charge in [-0.15, -0.1) is 0 Å². The molecule has 0 aromatic heterocycles. The van der Waals surface area contributed by atoms with Crippen molar-refractivity contribution in [2.75, 3.05) is 6.61 Å². The van der Waals surface area contributed by atoms with E-state index in [0.29, 0.717) is 23.3 Å². The fourth-order valence-corrected chi connectivity index (χ4v) is 11.6. The number of hydrogen-bond acceptors (Lipinski definition) is 3. The van der Waals surface area contributed by atoms with Gasteiger partial charge in [0.1, 0.15) is 0 Å². The molecule has 35 heavy (non-hydrogen) atoms. The highest BCUT2D eigenvalue weighted by Crippen LogP contribution is 2.74. The SMILES string of the molecule is C=C(C(=O)O)[C@@H]1CC[C@]2(CO)CC[C@]3(C)C[C@@H](CC[C@@H]4[C@@]5(C)CC[C@H](O)C(C)(C)[C@@H]5CC[C@]43C)[C@@H]12. The van der Waals surface area contributed by atoms with Gasteiger partial charge in [-0.3, -0.25) is 0 Å². The van der Waals surface area contributed by atoms with E-state index < -0.39 is 5.97 Å². The van der Waals surface area contributed by atoms with Crippen LogP contribution in [0.5, 0.6) is 0 Å². The Kier molecular flexibility index (Phi) is 5.94. The molecule has 3 N–H and O–H groups in total. The first-order chi connectivity index (χ1) is 16.3. The van der Waals surface area contributed by atoms with Crippen molar-refractivity contribution in [2.45, 2.75) is 111 Å². The van der Waals surface area contributed by atoms with Crippen LogP contribution >= 0.6 is 0 Å². The molecule has 0 unspecified atom stereocenters. The average Bonchev–Trinajstić information content (AvgIpc) is 3.06. The molecule has 0 aromatic rings. The Balaban J connectivity index is 1.56. The molecule has 4 nitrogen and oxygen atoms in total. The number of fused-ring (bicyclic) bond motifs is 8. The van der Waals surface area contributed by atoms with E-state index in [1.54, 1.807) is 0 Å². The number of aliphatic carboxylic acids is 1. The second-order valence-corrected chi connectivity index (χ2v) is 15.1. The normalized spacial score (nSPS) is 52.9. The van der Waals surface area contributed by atoms with Gasteiger partial charge in [-0.25, -0.2) is 4.79 Å². The monoisotopic (exact) mass is 486 g/mol. The van der Waals surface area contributed by atoms with E-state index in [-0.39, 0.29) is 51.6 Å². The lowest BCUT2D eigenvalue weighted by atomic mass is 9.38. The van der Waals surface area contributed by atoms with Crippen LogP contribution in [0.2, 0.25) is 0 Å². The Morgan fingerprint density at radius 2 is 1.60 bits per heavy atom. The summed E-state index contributed by atoms with van der Waals surface area (Å²) in [6.07, 6.45) is 11.7. The second-order valence-electron chi connectivity index (χ2n) is 15.1. The van der Waals surface area contributed by atoms with Gasteiger partial charge in [0.05, 0.1) is 6.10 Å². The molecule has 5 fully saturated rings. The van der Waals surface area contributed by atoms with Gasteiger partial charge in [-0.2, -0.15) is 0 Å². The van der Waals surface area contributed by atoms with Gasteiger partial charge >= 0.3 is 5.97 Å². The van der Waals surface area contributed by atoms with Crippen molar-refractivity contribution in [3.05, 3.63) is 12.2 Å². The largest absolute Gasteiger partial charge is 0.478 e. The van der Waals surface area contributed by atoms with Crippen LogP contribution in [0.1, 0.15) is 105 Å². The minimum absolute atomic E-state index is 0.00738. The molecule has 0 amide bonds. The third-order valence-corrected chi connectivity index (χ3v) is 13.8. The number of carbonyl (C=O) groups is 1. The van der Waals surface area contributed by atoms with E-state index in [1.165, 1.54) is 19.3 Å². The smallest absolute Gasteiger partial charge is 0.331 e. The summed E-state index contributed by atoms with van der Waals surface area (Å²) >= 11 is 0. The minimum Gasteiger partial charge on any atom is -0.478 e. The second kappa shape index (κ2) is 8.06. The molecule has 0 aliphatic heterocycles. The van der Waals surface area contributed by atoms with Crippen molar-refractivity contribution in [3.63, 3.8) is 0 Å². The Morgan fingerprint density at radius 1 is 0.886 bits per heavy atom. The summed E-state index contributed by atoms with van der Waals surface area (Å²) in [5.74, 6) is 0.984. The summed E-state index contributed by atoms with van der Waals surface area (Å²) in [5.41, 5.74) is 0.840. The van der Waals surface area contributed by atoms with Gasteiger partial charge in [0.15, 0.2) is 0 Å². The molecule has 0 radical (unpaired) electrons. The van der Waals surface area contributed by atoms with Crippen LogP contribution in [0.25, 0.3) is 0 Å². The first-order valence-electron chi connectivity index (χ1n) is 14.5.